The van der Waals surface area contributed by atoms with Crippen molar-refractivity contribution in [3.05, 3.63) is 0 Å². The van der Waals surface area contributed by atoms with Crippen molar-refractivity contribution >= 4 is 0 Å². The number of hydrogen-bond donors (Lipinski definition) is 1. The van der Waals surface area contributed by atoms with E-state index in [1.807, 2.05) is 0 Å². The van der Waals surface area contributed by atoms with E-state index < -0.39 is 5.54 Å². The summed E-state index contributed by atoms with van der Waals surface area (Å²) in [6.07, 6.45) is 0.798. The summed E-state index contributed by atoms with van der Waals surface area (Å²) in [4.78, 5) is 4.70. The molecule has 0 spiro atoms. The summed E-state index contributed by atoms with van der Waals surface area (Å²) in [5.41, 5.74) is 5.31. The Labute approximate surface area is 96.7 Å². The van der Waals surface area contributed by atoms with E-state index in [2.05, 4.69) is 15.9 Å². The smallest absolute Gasteiger partial charge is 0.118 e. The summed E-state index contributed by atoms with van der Waals surface area (Å²) in [7, 11) is 0. The van der Waals surface area contributed by atoms with Crippen molar-refractivity contribution in [2.24, 2.45) is 5.73 Å². The molecule has 0 bridgehead atoms. The number of morpholine rings is 1. The SMILES string of the molecule is N#CC1(N)CCN(CCN2CCOCC2)C1. The van der Waals surface area contributed by atoms with E-state index in [9.17, 15) is 0 Å². The fourth-order valence-corrected chi connectivity index (χ4v) is 2.30. The minimum Gasteiger partial charge on any atom is -0.379 e. The number of nitriles is 1. The third-order valence-electron chi connectivity index (χ3n) is 3.44. The van der Waals surface area contributed by atoms with Crippen molar-refractivity contribution in [3.63, 3.8) is 0 Å². The maximum atomic E-state index is 8.93. The van der Waals surface area contributed by atoms with E-state index >= 15 is 0 Å². The minimum atomic E-state index is -0.606. The number of nitrogens with two attached hydrogens (primary N) is 1. The van der Waals surface area contributed by atoms with Gasteiger partial charge in [-0.2, -0.15) is 5.26 Å². The average Bonchev–Trinajstić information content (AvgIpc) is 2.71. The maximum Gasteiger partial charge on any atom is 0.118 e. The summed E-state index contributed by atoms with van der Waals surface area (Å²) < 4.78 is 5.30. The first-order valence-corrected chi connectivity index (χ1v) is 5.94. The highest BCUT2D eigenvalue weighted by atomic mass is 16.5. The van der Waals surface area contributed by atoms with Gasteiger partial charge in [0, 0.05) is 39.3 Å². The van der Waals surface area contributed by atoms with Gasteiger partial charge in [-0.3, -0.25) is 9.80 Å². The predicted molar refractivity (Wildman–Crippen MR) is 60.8 cm³/mol. The zero-order chi connectivity index (χ0) is 11.4. The molecule has 2 aliphatic heterocycles. The maximum absolute atomic E-state index is 8.93. The van der Waals surface area contributed by atoms with Crippen molar-refractivity contribution in [1.29, 1.82) is 5.26 Å². The van der Waals surface area contributed by atoms with E-state index in [0.29, 0.717) is 6.54 Å². The Hall–Kier alpha value is -0.670. The van der Waals surface area contributed by atoms with Crippen molar-refractivity contribution < 1.29 is 4.74 Å². The number of likely N-dealkylation sites (tertiary alicyclic amines) is 1. The van der Waals surface area contributed by atoms with E-state index in [4.69, 9.17) is 15.7 Å². The quantitative estimate of drug-likeness (QED) is 0.683. The highest BCUT2D eigenvalue weighted by molar-refractivity contribution is 5.10. The zero-order valence-electron chi connectivity index (χ0n) is 9.69. The highest BCUT2D eigenvalue weighted by Crippen LogP contribution is 2.17. The normalized spacial score (nSPS) is 32.8. The standard InChI is InChI=1S/C11H20N4O/c12-9-11(13)1-2-15(10-11)4-3-14-5-7-16-8-6-14/h1-8,10,13H2. The fourth-order valence-electron chi connectivity index (χ4n) is 2.30. The van der Waals surface area contributed by atoms with E-state index in [1.165, 1.54) is 0 Å². The minimum absolute atomic E-state index is 0.606. The van der Waals surface area contributed by atoms with Crippen LogP contribution < -0.4 is 5.73 Å². The van der Waals surface area contributed by atoms with E-state index in [0.717, 1.165) is 52.4 Å². The summed E-state index contributed by atoms with van der Waals surface area (Å²) in [5.74, 6) is 0. The van der Waals surface area contributed by atoms with Crippen LogP contribution in [-0.4, -0.2) is 67.8 Å². The molecule has 5 heteroatoms. The van der Waals surface area contributed by atoms with Gasteiger partial charge in [-0.25, -0.2) is 0 Å². The van der Waals surface area contributed by atoms with Gasteiger partial charge in [-0.15, -0.1) is 0 Å². The van der Waals surface area contributed by atoms with Gasteiger partial charge in [0.2, 0.25) is 0 Å². The lowest BCUT2D eigenvalue weighted by Gasteiger charge is -2.28. The highest BCUT2D eigenvalue weighted by Gasteiger charge is 2.34. The van der Waals surface area contributed by atoms with Crippen LogP contribution in [0.4, 0.5) is 0 Å². The monoisotopic (exact) mass is 224 g/mol. The molecule has 0 aromatic carbocycles. The second kappa shape index (κ2) is 5.11. The predicted octanol–water partition coefficient (Wildman–Crippen LogP) is -0.755. The zero-order valence-corrected chi connectivity index (χ0v) is 9.69. The van der Waals surface area contributed by atoms with Gasteiger partial charge in [0.25, 0.3) is 0 Å². The molecule has 5 nitrogen and oxygen atoms in total. The molecule has 0 saturated carbocycles. The van der Waals surface area contributed by atoms with Crippen LogP contribution in [0, 0.1) is 11.3 Å². The van der Waals surface area contributed by atoms with Crippen LogP contribution >= 0.6 is 0 Å². The summed E-state index contributed by atoms with van der Waals surface area (Å²) in [6, 6.07) is 2.21. The second-order valence-electron chi connectivity index (χ2n) is 4.75. The molecule has 0 aliphatic carbocycles. The molecule has 2 heterocycles. The lowest BCUT2D eigenvalue weighted by atomic mass is 10.0. The first-order valence-electron chi connectivity index (χ1n) is 5.94. The van der Waals surface area contributed by atoms with Crippen LogP contribution in [-0.2, 0) is 4.74 Å². The van der Waals surface area contributed by atoms with Gasteiger partial charge < -0.3 is 10.5 Å². The summed E-state index contributed by atoms with van der Waals surface area (Å²) in [5, 5.41) is 8.93. The van der Waals surface area contributed by atoms with Crippen LogP contribution in [0.1, 0.15) is 6.42 Å². The number of rotatable bonds is 3. The Balaban J connectivity index is 1.69. The molecule has 1 unspecified atom stereocenters. The Morgan fingerprint density at radius 3 is 2.50 bits per heavy atom. The number of nitrogens with zero attached hydrogens (tertiary/aromatic N) is 3. The van der Waals surface area contributed by atoms with Crippen molar-refractivity contribution in [2.45, 2.75) is 12.0 Å². The summed E-state index contributed by atoms with van der Waals surface area (Å²) >= 11 is 0. The molecule has 0 radical (unpaired) electrons. The Morgan fingerprint density at radius 2 is 1.88 bits per heavy atom. The lowest BCUT2D eigenvalue weighted by molar-refractivity contribution is 0.0343. The Kier molecular flexibility index (Phi) is 3.77. The molecular formula is C11H20N4O. The van der Waals surface area contributed by atoms with Gasteiger partial charge >= 0.3 is 0 Å². The molecule has 16 heavy (non-hydrogen) atoms. The molecule has 2 saturated heterocycles. The third-order valence-corrected chi connectivity index (χ3v) is 3.44. The molecular weight excluding hydrogens is 204 g/mol. The fraction of sp³-hybridized carbons (Fsp3) is 0.909. The van der Waals surface area contributed by atoms with Crippen molar-refractivity contribution in [2.75, 3.05) is 52.5 Å². The molecule has 2 rings (SSSR count). The third kappa shape index (κ3) is 2.92. The van der Waals surface area contributed by atoms with Crippen LogP contribution in [0.2, 0.25) is 0 Å². The van der Waals surface area contributed by atoms with Gasteiger partial charge in [0.05, 0.1) is 19.3 Å². The van der Waals surface area contributed by atoms with Gasteiger partial charge in [-0.1, -0.05) is 0 Å². The second-order valence-corrected chi connectivity index (χ2v) is 4.75. The van der Waals surface area contributed by atoms with Crippen LogP contribution in [0.3, 0.4) is 0 Å². The number of ether oxygens (including phenoxy) is 1. The molecule has 0 aromatic heterocycles. The molecule has 2 N–H and O–H groups in total. The van der Waals surface area contributed by atoms with Crippen LogP contribution in [0.15, 0.2) is 0 Å². The first kappa shape index (κ1) is 11.8. The lowest BCUT2D eigenvalue weighted by Crippen LogP contribution is -2.44. The Morgan fingerprint density at radius 1 is 1.19 bits per heavy atom. The summed E-state index contributed by atoms with van der Waals surface area (Å²) in [6.45, 7) is 7.49. The van der Waals surface area contributed by atoms with Crippen molar-refractivity contribution in [1.82, 2.24) is 9.80 Å². The largest absolute Gasteiger partial charge is 0.379 e. The van der Waals surface area contributed by atoms with Gasteiger partial charge in [0.15, 0.2) is 0 Å². The van der Waals surface area contributed by atoms with E-state index in [1.54, 1.807) is 0 Å². The van der Waals surface area contributed by atoms with Crippen LogP contribution in [0.25, 0.3) is 0 Å². The molecule has 2 aliphatic rings. The van der Waals surface area contributed by atoms with Crippen LogP contribution in [0.5, 0.6) is 0 Å². The molecule has 0 aromatic rings. The average molecular weight is 224 g/mol. The van der Waals surface area contributed by atoms with Gasteiger partial charge in [-0.05, 0) is 6.42 Å². The van der Waals surface area contributed by atoms with Gasteiger partial charge in [0.1, 0.15) is 5.54 Å². The number of hydrogen-bond acceptors (Lipinski definition) is 5. The molecule has 0 amide bonds. The Bertz CT molecular complexity index is 272. The molecule has 90 valence electrons. The van der Waals surface area contributed by atoms with E-state index in [-0.39, 0.29) is 0 Å². The molecule has 1 atom stereocenters. The topological polar surface area (TPSA) is 65.5 Å². The van der Waals surface area contributed by atoms with Crippen molar-refractivity contribution in [3.8, 4) is 6.07 Å². The molecule has 2 fully saturated rings. The first-order chi connectivity index (χ1) is 7.72.